The van der Waals surface area contributed by atoms with Crippen molar-refractivity contribution in [2.24, 2.45) is 35.5 Å². The van der Waals surface area contributed by atoms with E-state index < -0.39 is 11.9 Å². The van der Waals surface area contributed by atoms with E-state index >= 15 is 0 Å². The predicted octanol–water partition coefficient (Wildman–Crippen LogP) is 10.9. The van der Waals surface area contributed by atoms with Crippen LogP contribution in [0, 0.1) is 56.3 Å². The van der Waals surface area contributed by atoms with E-state index in [0.29, 0.717) is 24.5 Å². The number of carbonyl (C=O) groups is 2. The molecule has 9 nitrogen and oxygen atoms in total. The van der Waals surface area contributed by atoms with Crippen molar-refractivity contribution >= 4 is 35.4 Å². The van der Waals surface area contributed by atoms with Crippen molar-refractivity contribution in [3.63, 3.8) is 0 Å². The van der Waals surface area contributed by atoms with Crippen LogP contribution in [0.4, 0.5) is 0 Å². The van der Waals surface area contributed by atoms with Gasteiger partial charge in [0.15, 0.2) is 0 Å². The molecule has 0 saturated carbocycles. The van der Waals surface area contributed by atoms with Gasteiger partial charge in [-0.25, -0.2) is 0 Å². The number of carbonyl (C=O) groups excluding carboxylic acids is 2. The van der Waals surface area contributed by atoms with E-state index in [-0.39, 0.29) is 42.6 Å². The van der Waals surface area contributed by atoms with E-state index in [2.05, 4.69) is 101 Å². The Labute approximate surface area is 383 Å². The largest absolute Gasteiger partial charge is 0.510 e. The van der Waals surface area contributed by atoms with Gasteiger partial charge in [0.1, 0.15) is 18.3 Å². The molecule has 0 radical (unpaired) electrons. The molecule has 9 heteroatoms. The van der Waals surface area contributed by atoms with E-state index in [1.807, 2.05) is 13.0 Å². The van der Waals surface area contributed by atoms with Crippen LogP contribution in [0.5, 0.6) is 0 Å². The highest BCUT2D eigenvalue weighted by molar-refractivity contribution is 5.95. The summed E-state index contributed by atoms with van der Waals surface area (Å²) < 4.78 is 11.2. The van der Waals surface area contributed by atoms with E-state index in [0.717, 1.165) is 93.1 Å². The van der Waals surface area contributed by atoms with Crippen molar-refractivity contribution in [1.82, 2.24) is 20.3 Å². The van der Waals surface area contributed by atoms with Gasteiger partial charge in [-0.1, -0.05) is 105 Å². The zero-order valence-electron chi connectivity index (χ0n) is 41.2. The molecular weight excluding hydrogens is 797 g/mol. The van der Waals surface area contributed by atoms with Crippen molar-refractivity contribution in [3.05, 3.63) is 90.8 Å². The molecule has 64 heavy (non-hydrogen) atoms. The molecule has 6 rings (SSSR count). The number of aromatic amines is 3. The van der Waals surface area contributed by atoms with E-state index in [1.165, 1.54) is 74.4 Å². The number of H-pyrrole nitrogens is 3. The van der Waals surface area contributed by atoms with Gasteiger partial charge in [-0.3, -0.25) is 9.59 Å². The van der Waals surface area contributed by atoms with Gasteiger partial charge >= 0.3 is 11.9 Å². The lowest BCUT2D eigenvalue weighted by molar-refractivity contribution is -0.143. The van der Waals surface area contributed by atoms with Crippen molar-refractivity contribution < 1.29 is 24.2 Å². The number of aromatic nitrogens is 3. The molecule has 8 bridgehead atoms. The smallest absolute Gasteiger partial charge is 0.320 e. The normalized spacial score (nSPS) is 21.2. The van der Waals surface area contributed by atoms with Crippen LogP contribution in [0.25, 0.3) is 23.5 Å². The van der Waals surface area contributed by atoms with Gasteiger partial charge in [-0.15, -0.1) is 0 Å². The number of ether oxygens (including phenoxy) is 2. The summed E-state index contributed by atoms with van der Waals surface area (Å²) in [6, 6.07) is -0.373. The van der Waals surface area contributed by atoms with Gasteiger partial charge in [0.25, 0.3) is 0 Å². The lowest BCUT2D eigenvalue weighted by Crippen LogP contribution is -2.38. The highest BCUT2D eigenvalue weighted by Crippen LogP contribution is 2.42. The topological polar surface area (TPSA) is 132 Å². The molecule has 5 N–H and O–H groups in total. The number of nitrogens with one attached hydrogen (secondary N) is 4. The molecule has 6 atom stereocenters. The van der Waals surface area contributed by atoms with Crippen LogP contribution in [0.3, 0.4) is 0 Å². The third-order valence-corrected chi connectivity index (χ3v) is 15.2. The maximum absolute atomic E-state index is 13.7. The van der Waals surface area contributed by atoms with Crippen LogP contribution in [0.2, 0.25) is 0 Å². The summed E-state index contributed by atoms with van der Waals surface area (Å²) >= 11 is 0. The lowest BCUT2D eigenvalue weighted by Gasteiger charge is -2.26. The Balaban J connectivity index is 1.19. The maximum Gasteiger partial charge on any atom is 0.320 e. The standard InChI is InChI=1S/C55H80N4O5/c1-13-39-35(8)42-28-44-37(10)41(24-25-48(60)64-27-26-34(7)23-17-22-33(6)21-16-20-32(5)19-15-18-31(3)4)52(58-44)50-51(55(62)63-12)54(61)49-38(11)45(59-53(49)50)30-47-40(14-2)36(9)43(57-47)29-46(39)56-42/h13,26,28,31-33,37,41,51-52,56-59,61H,1,14-25,27,29-30H2,2-12H3/b34-26+,44-28-/t32-,33-,37+,41+,51+,52?/m1/s1. The number of allylic oxidation sites excluding steroid dienone is 2. The van der Waals surface area contributed by atoms with Gasteiger partial charge < -0.3 is 34.8 Å². The third kappa shape index (κ3) is 10.7. The molecule has 5 heterocycles. The average Bonchev–Trinajstić information content (AvgIpc) is 3.99. The second-order valence-corrected chi connectivity index (χ2v) is 20.2. The Bertz CT molecular complexity index is 2350. The fraction of sp³-hybridized carbons (Fsp3) is 0.600. The lowest BCUT2D eigenvalue weighted by atomic mass is 9.80. The summed E-state index contributed by atoms with van der Waals surface area (Å²) in [5, 5.41) is 17.2. The highest BCUT2D eigenvalue weighted by Gasteiger charge is 2.47. The fourth-order valence-electron chi connectivity index (χ4n) is 11.1. The Morgan fingerprint density at radius 3 is 2.19 bits per heavy atom. The molecule has 3 aromatic heterocycles. The van der Waals surface area contributed by atoms with E-state index in [4.69, 9.17) is 9.47 Å². The highest BCUT2D eigenvalue weighted by atomic mass is 16.5. The molecule has 0 amide bonds. The fourth-order valence-corrected chi connectivity index (χ4v) is 11.1. The SMILES string of the molecule is C=Cc1c2[nH]c(c1C)/C=C1\NC(C3=c4[nH]c(c(C)c4=C(O)[C@H]3C(=O)OC)Cc3[nH]c(c(C)c3CC)C2)[C@@H](CCC(=O)OC/C=C(\C)CCC[C@H](C)CCC[C@H](C)CCCC(C)C)[C@@H]1C. The second kappa shape index (κ2) is 21.6. The number of fused-ring (bicyclic) bond motifs is 8. The summed E-state index contributed by atoms with van der Waals surface area (Å²) in [4.78, 5) is 38.4. The van der Waals surface area contributed by atoms with Gasteiger partial charge in [-0.05, 0) is 123 Å². The molecule has 1 aliphatic carbocycles. The van der Waals surface area contributed by atoms with Crippen LogP contribution < -0.4 is 15.9 Å². The maximum atomic E-state index is 13.7. The van der Waals surface area contributed by atoms with E-state index in [1.54, 1.807) is 0 Å². The monoisotopic (exact) mass is 877 g/mol. The predicted molar refractivity (Wildman–Crippen MR) is 262 cm³/mol. The first-order chi connectivity index (χ1) is 30.6. The minimum Gasteiger partial charge on any atom is -0.510 e. The quantitative estimate of drug-likeness (QED) is 0.0567. The van der Waals surface area contributed by atoms with Crippen LogP contribution >= 0.6 is 0 Å². The number of rotatable bonds is 20. The second-order valence-electron chi connectivity index (χ2n) is 20.2. The molecule has 0 aromatic carbocycles. The number of hydrogen-bond donors (Lipinski definition) is 5. The van der Waals surface area contributed by atoms with E-state index in [9.17, 15) is 14.7 Å². The third-order valence-electron chi connectivity index (χ3n) is 15.2. The number of hydrogen-bond acceptors (Lipinski definition) is 6. The molecule has 0 spiro atoms. The molecule has 1 saturated heterocycles. The van der Waals surface area contributed by atoms with Crippen LogP contribution in [0.1, 0.15) is 175 Å². The molecule has 3 aromatic rings. The minimum atomic E-state index is -0.975. The summed E-state index contributed by atoms with van der Waals surface area (Å²) in [6.45, 7) is 26.8. The summed E-state index contributed by atoms with van der Waals surface area (Å²) in [6.07, 6.45) is 20.6. The Morgan fingerprint density at radius 2 is 1.53 bits per heavy atom. The van der Waals surface area contributed by atoms with Crippen LogP contribution in [-0.4, -0.2) is 51.8 Å². The van der Waals surface area contributed by atoms with Crippen LogP contribution in [0.15, 0.2) is 23.9 Å². The summed E-state index contributed by atoms with van der Waals surface area (Å²) in [5.74, 6) is 0.544. The Kier molecular flexibility index (Phi) is 16.4. The van der Waals surface area contributed by atoms with Crippen molar-refractivity contribution in [1.29, 1.82) is 0 Å². The number of aliphatic hydroxyl groups is 1. The van der Waals surface area contributed by atoms with Gasteiger partial charge in [0.2, 0.25) is 0 Å². The molecule has 3 aliphatic rings. The number of aliphatic hydroxyl groups excluding tert-OH is 1. The zero-order valence-corrected chi connectivity index (χ0v) is 41.2. The zero-order chi connectivity index (χ0) is 46.4. The summed E-state index contributed by atoms with van der Waals surface area (Å²) in [5.41, 5.74) is 14.1. The number of methoxy groups -OCH3 is 1. The van der Waals surface area contributed by atoms with Gasteiger partial charge in [0.05, 0.1) is 18.5 Å². The average molecular weight is 877 g/mol. The Morgan fingerprint density at radius 1 is 0.875 bits per heavy atom. The molecule has 350 valence electrons. The molecule has 1 unspecified atom stereocenters. The summed E-state index contributed by atoms with van der Waals surface area (Å²) in [7, 11) is 1.37. The van der Waals surface area contributed by atoms with Crippen molar-refractivity contribution in [2.75, 3.05) is 13.7 Å². The molecule has 1 fully saturated rings. The molecular formula is C55H80N4O5. The first-order valence-corrected chi connectivity index (χ1v) is 24.6. The van der Waals surface area contributed by atoms with Gasteiger partial charge in [0, 0.05) is 64.6 Å². The van der Waals surface area contributed by atoms with Crippen molar-refractivity contribution in [3.8, 4) is 0 Å². The van der Waals surface area contributed by atoms with Crippen LogP contribution in [-0.2, 0) is 38.3 Å². The molecule has 2 aliphatic heterocycles. The first kappa shape index (κ1) is 48.8. The van der Waals surface area contributed by atoms with Gasteiger partial charge in [-0.2, -0.15) is 0 Å². The first-order valence-electron chi connectivity index (χ1n) is 24.6. The van der Waals surface area contributed by atoms with Crippen molar-refractivity contribution in [2.45, 2.75) is 165 Å². The number of esters is 2. The minimum absolute atomic E-state index is 0.0108. The Hall–Kier alpha value is -4.66.